The van der Waals surface area contributed by atoms with E-state index in [0.717, 1.165) is 19.3 Å². The van der Waals surface area contributed by atoms with Crippen molar-refractivity contribution in [3.63, 3.8) is 0 Å². The first kappa shape index (κ1) is 19.5. The summed E-state index contributed by atoms with van der Waals surface area (Å²) in [6, 6.07) is 0. The highest BCUT2D eigenvalue weighted by Gasteiger charge is 2.42. The summed E-state index contributed by atoms with van der Waals surface area (Å²) in [5, 5.41) is 38.4. The molecule has 22 heavy (non-hydrogen) atoms. The van der Waals surface area contributed by atoms with E-state index in [9.17, 15) is 20.1 Å². The standard InChI is InChI=1S/C16H30O6/c1-10(2)8-11(18)6-4-3-5-7-12-14(19)16(21)15(20)13(9-17)22-12/h10,12-17,19-21H,3-9H2,1-2H3. The molecule has 130 valence electrons. The molecule has 6 nitrogen and oxygen atoms in total. The topological polar surface area (TPSA) is 107 Å². The molecule has 1 heterocycles. The minimum absolute atomic E-state index is 0.280. The molecule has 0 aromatic rings. The van der Waals surface area contributed by atoms with Gasteiger partial charge in [0.1, 0.15) is 30.2 Å². The highest BCUT2D eigenvalue weighted by Crippen LogP contribution is 2.24. The molecule has 6 heteroatoms. The van der Waals surface area contributed by atoms with E-state index < -0.39 is 37.1 Å². The van der Waals surface area contributed by atoms with Crippen molar-refractivity contribution in [3.8, 4) is 0 Å². The minimum Gasteiger partial charge on any atom is -0.394 e. The van der Waals surface area contributed by atoms with Crippen LogP contribution >= 0.6 is 0 Å². The third-order valence-corrected chi connectivity index (χ3v) is 4.07. The van der Waals surface area contributed by atoms with Crippen LogP contribution in [0.5, 0.6) is 0 Å². The number of ketones is 1. The smallest absolute Gasteiger partial charge is 0.133 e. The van der Waals surface area contributed by atoms with Crippen molar-refractivity contribution in [2.45, 2.75) is 82.9 Å². The predicted octanol–water partition coefficient (Wildman–Crippen LogP) is 0.394. The SMILES string of the molecule is CC(C)CC(=O)CCCCCC1OC(CO)C(O)C(O)C1O. The van der Waals surface area contributed by atoms with Gasteiger partial charge in [0, 0.05) is 12.8 Å². The second-order valence-corrected chi connectivity index (χ2v) is 6.60. The summed E-state index contributed by atoms with van der Waals surface area (Å²) in [7, 11) is 0. The number of carbonyl (C=O) groups excluding carboxylic acids is 1. The van der Waals surface area contributed by atoms with Crippen molar-refractivity contribution in [2.24, 2.45) is 5.92 Å². The van der Waals surface area contributed by atoms with Crippen molar-refractivity contribution in [1.29, 1.82) is 0 Å². The zero-order valence-corrected chi connectivity index (χ0v) is 13.5. The Kier molecular flexibility index (Phi) is 8.49. The van der Waals surface area contributed by atoms with Crippen molar-refractivity contribution < 1.29 is 30.0 Å². The Bertz CT molecular complexity index is 331. The first-order chi connectivity index (χ1) is 10.4. The van der Waals surface area contributed by atoms with Crippen LogP contribution in [0.25, 0.3) is 0 Å². The molecule has 1 fully saturated rings. The maximum Gasteiger partial charge on any atom is 0.133 e. The summed E-state index contributed by atoms with van der Waals surface area (Å²) in [5.41, 5.74) is 0. The molecular formula is C16H30O6. The lowest BCUT2D eigenvalue weighted by atomic mass is 9.92. The van der Waals surface area contributed by atoms with E-state index in [4.69, 9.17) is 9.84 Å². The number of unbranched alkanes of at least 4 members (excludes halogenated alkanes) is 2. The summed E-state index contributed by atoms with van der Waals surface area (Å²) in [6.45, 7) is 3.65. The second kappa shape index (κ2) is 9.57. The van der Waals surface area contributed by atoms with E-state index in [1.807, 2.05) is 13.8 Å². The molecular weight excluding hydrogens is 288 g/mol. The molecule has 0 radical (unpaired) electrons. The number of rotatable bonds is 9. The molecule has 0 amide bonds. The number of hydrogen-bond acceptors (Lipinski definition) is 6. The van der Waals surface area contributed by atoms with E-state index in [-0.39, 0.29) is 5.78 Å². The van der Waals surface area contributed by atoms with Gasteiger partial charge >= 0.3 is 0 Å². The Labute approximate surface area is 132 Å². The summed E-state index contributed by atoms with van der Waals surface area (Å²) in [4.78, 5) is 11.6. The normalized spacial score (nSPS) is 32.4. The van der Waals surface area contributed by atoms with Crippen LogP contribution in [0.4, 0.5) is 0 Å². The van der Waals surface area contributed by atoms with Crippen LogP contribution in [0.1, 0.15) is 52.4 Å². The average molecular weight is 318 g/mol. The number of carbonyl (C=O) groups is 1. The largest absolute Gasteiger partial charge is 0.394 e. The molecule has 1 saturated heterocycles. The lowest BCUT2D eigenvalue weighted by Gasteiger charge is -2.40. The highest BCUT2D eigenvalue weighted by molar-refractivity contribution is 5.78. The fraction of sp³-hybridized carbons (Fsp3) is 0.938. The first-order valence-corrected chi connectivity index (χ1v) is 8.19. The van der Waals surface area contributed by atoms with Gasteiger partial charge in [0.05, 0.1) is 12.7 Å². The molecule has 5 atom stereocenters. The minimum atomic E-state index is -1.30. The van der Waals surface area contributed by atoms with Gasteiger partial charge < -0.3 is 25.2 Å². The molecule has 0 aliphatic carbocycles. The van der Waals surface area contributed by atoms with Crippen molar-refractivity contribution >= 4 is 5.78 Å². The van der Waals surface area contributed by atoms with E-state index >= 15 is 0 Å². The third-order valence-electron chi connectivity index (χ3n) is 4.07. The average Bonchev–Trinajstić information content (AvgIpc) is 2.46. The fourth-order valence-corrected chi connectivity index (χ4v) is 2.82. The summed E-state index contributed by atoms with van der Waals surface area (Å²) in [6.07, 6.45) is -1.05. The van der Waals surface area contributed by atoms with E-state index in [1.54, 1.807) is 0 Å². The molecule has 1 aliphatic rings. The predicted molar refractivity (Wildman–Crippen MR) is 81.3 cm³/mol. The van der Waals surface area contributed by atoms with Crippen molar-refractivity contribution in [3.05, 3.63) is 0 Å². The van der Waals surface area contributed by atoms with Gasteiger partial charge in [0.15, 0.2) is 0 Å². The highest BCUT2D eigenvalue weighted by atomic mass is 16.5. The number of hydrogen-bond donors (Lipinski definition) is 4. The first-order valence-electron chi connectivity index (χ1n) is 8.19. The number of ether oxygens (including phenoxy) is 1. The van der Waals surface area contributed by atoms with E-state index in [1.165, 1.54) is 0 Å². The van der Waals surface area contributed by atoms with Gasteiger partial charge in [-0.15, -0.1) is 0 Å². The summed E-state index contributed by atoms with van der Waals surface area (Å²) >= 11 is 0. The number of aliphatic hydroxyl groups excluding tert-OH is 4. The van der Waals surface area contributed by atoms with E-state index in [2.05, 4.69) is 0 Å². The van der Waals surface area contributed by atoms with Crippen molar-refractivity contribution in [1.82, 2.24) is 0 Å². The van der Waals surface area contributed by atoms with Crippen LogP contribution in [-0.2, 0) is 9.53 Å². The quantitative estimate of drug-likeness (QED) is 0.458. The Morgan fingerprint density at radius 2 is 1.64 bits per heavy atom. The summed E-state index contributed by atoms with van der Waals surface area (Å²) < 4.78 is 5.43. The molecule has 0 saturated carbocycles. The molecule has 0 aromatic carbocycles. The molecule has 1 rings (SSSR count). The Morgan fingerprint density at radius 3 is 2.23 bits per heavy atom. The molecule has 0 aromatic heterocycles. The van der Waals surface area contributed by atoms with Crippen LogP contribution in [0, 0.1) is 5.92 Å². The van der Waals surface area contributed by atoms with Gasteiger partial charge in [-0.05, 0) is 18.8 Å². The lowest BCUT2D eigenvalue weighted by Crippen LogP contribution is -2.58. The molecule has 0 bridgehead atoms. The molecule has 1 aliphatic heterocycles. The van der Waals surface area contributed by atoms with Crippen LogP contribution in [0.2, 0.25) is 0 Å². The van der Waals surface area contributed by atoms with Gasteiger partial charge in [-0.2, -0.15) is 0 Å². The zero-order chi connectivity index (χ0) is 16.7. The van der Waals surface area contributed by atoms with Gasteiger partial charge in [-0.3, -0.25) is 4.79 Å². The monoisotopic (exact) mass is 318 g/mol. The number of aliphatic hydroxyl groups is 4. The Hall–Kier alpha value is -0.530. The van der Waals surface area contributed by atoms with Crippen LogP contribution in [0.3, 0.4) is 0 Å². The van der Waals surface area contributed by atoms with Gasteiger partial charge in [0.2, 0.25) is 0 Å². The third kappa shape index (κ3) is 5.93. The van der Waals surface area contributed by atoms with E-state index in [0.29, 0.717) is 25.2 Å². The fourth-order valence-electron chi connectivity index (χ4n) is 2.82. The van der Waals surface area contributed by atoms with Gasteiger partial charge in [0.25, 0.3) is 0 Å². The molecule has 5 unspecified atom stereocenters. The second-order valence-electron chi connectivity index (χ2n) is 6.60. The van der Waals surface area contributed by atoms with Gasteiger partial charge in [-0.1, -0.05) is 26.7 Å². The Morgan fingerprint density at radius 1 is 1.00 bits per heavy atom. The molecule has 4 N–H and O–H groups in total. The zero-order valence-electron chi connectivity index (χ0n) is 13.5. The Balaban J connectivity index is 2.25. The van der Waals surface area contributed by atoms with Crippen molar-refractivity contribution in [2.75, 3.05) is 6.61 Å². The van der Waals surface area contributed by atoms with Crippen LogP contribution < -0.4 is 0 Å². The lowest BCUT2D eigenvalue weighted by molar-refractivity contribution is -0.230. The number of Topliss-reactive ketones (excluding diaryl/α,β-unsaturated/α-hetero) is 1. The van der Waals surface area contributed by atoms with Gasteiger partial charge in [-0.25, -0.2) is 0 Å². The van der Waals surface area contributed by atoms with Crippen LogP contribution in [-0.4, -0.2) is 63.3 Å². The maximum atomic E-state index is 11.6. The summed E-state index contributed by atoms with van der Waals surface area (Å²) in [5.74, 6) is 0.671. The molecule has 0 spiro atoms. The van der Waals surface area contributed by atoms with Crippen LogP contribution in [0.15, 0.2) is 0 Å². The maximum absolute atomic E-state index is 11.6.